The number of nitrogens with one attached hydrogen (secondary N) is 1. The number of nitro benzene ring substituents is 1. The molecule has 0 aromatic heterocycles. The summed E-state index contributed by atoms with van der Waals surface area (Å²) >= 11 is 5.63. The maximum atomic E-state index is 12.3. The van der Waals surface area contributed by atoms with Crippen molar-refractivity contribution in [2.24, 2.45) is 5.92 Å². The molecule has 0 aliphatic heterocycles. The standard InChI is InChI=1S/C12H15ClN2O6S/c1-3-7(2)11(12(16)17)14-22(20,21)10-5-4-8(13)6-9(10)15(18)19/h4-7,11,14H,3H2,1-2H3,(H,16,17)/t7-,11-/m0/s1. The summed E-state index contributed by atoms with van der Waals surface area (Å²) in [6, 6.07) is 1.67. The fourth-order valence-corrected chi connectivity index (χ4v) is 3.35. The average Bonchev–Trinajstić information content (AvgIpc) is 2.43. The highest BCUT2D eigenvalue weighted by atomic mass is 35.5. The van der Waals surface area contributed by atoms with E-state index in [0.29, 0.717) is 6.42 Å². The van der Waals surface area contributed by atoms with Crippen LogP contribution in [0.5, 0.6) is 0 Å². The van der Waals surface area contributed by atoms with E-state index in [2.05, 4.69) is 0 Å². The topological polar surface area (TPSA) is 127 Å². The van der Waals surface area contributed by atoms with Crippen LogP contribution in [0, 0.1) is 16.0 Å². The van der Waals surface area contributed by atoms with Gasteiger partial charge in [-0.05, 0) is 18.1 Å². The van der Waals surface area contributed by atoms with Gasteiger partial charge < -0.3 is 5.11 Å². The van der Waals surface area contributed by atoms with Crippen molar-refractivity contribution in [1.29, 1.82) is 0 Å². The number of benzene rings is 1. The van der Waals surface area contributed by atoms with Crippen LogP contribution in [0.2, 0.25) is 5.02 Å². The van der Waals surface area contributed by atoms with Gasteiger partial charge in [0.25, 0.3) is 5.69 Å². The summed E-state index contributed by atoms with van der Waals surface area (Å²) in [6.45, 7) is 3.28. The number of halogens is 1. The number of sulfonamides is 1. The summed E-state index contributed by atoms with van der Waals surface area (Å²) in [6.07, 6.45) is 0.419. The zero-order valence-corrected chi connectivity index (χ0v) is 13.4. The molecule has 0 heterocycles. The molecule has 0 aliphatic rings. The van der Waals surface area contributed by atoms with E-state index in [9.17, 15) is 23.3 Å². The van der Waals surface area contributed by atoms with Crippen molar-refractivity contribution in [3.63, 3.8) is 0 Å². The third-order valence-electron chi connectivity index (χ3n) is 3.17. The molecule has 0 unspecified atom stereocenters. The van der Waals surface area contributed by atoms with Gasteiger partial charge in [0.2, 0.25) is 10.0 Å². The predicted octanol–water partition coefficient (Wildman–Crippen LogP) is 2.03. The molecule has 1 rings (SSSR count). The minimum absolute atomic E-state index is 0.00219. The minimum atomic E-state index is -4.38. The Kier molecular flexibility index (Phi) is 5.86. The lowest BCUT2D eigenvalue weighted by Crippen LogP contribution is -2.45. The monoisotopic (exact) mass is 350 g/mol. The van der Waals surface area contributed by atoms with Crippen LogP contribution in [-0.2, 0) is 14.8 Å². The molecule has 0 aliphatic carbocycles. The van der Waals surface area contributed by atoms with Crippen molar-refractivity contribution in [3.05, 3.63) is 33.3 Å². The van der Waals surface area contributed by atoms with Gasteiger partial charge in [-0.15, -0.1) is 0 Å². The Balaban J connectivity index is 3.30. The second kappa shape index (κ2) is 7.03. The average molecular weight is 351 g/mol. The molecule has 0 amide bonds. The molecule has 0 bridgehead atoms. The largest absolute Gasteiger partial charge is 0.480 e. The number of rotatable bonds is 7. The maximum Gasteiger partial charge on any atom is 0.322 e. The zero-order chi connectivity index (χ0) is 17.1. The molecule has 0 saturated heterocycles. The summed E-state index contributed by atoms with van der Waals surface area (Å²) < 4.78 is 26.6. The highest BCUT2D eigenvalue weighted by Crippen LogP contribution is 2.27. The van der Waals surface area contributed by atoms with Crippen molar-refractivity contribution in [3.8, 4) is 0 Å². The smallest absolute Gasteiger partial charge is 0.322 e. The molecule has 0 spiro atoms. The second-order valence-corrected chi connectivity index (χ2v) is 6.81. The van der Waals surface area contributed by atoms with Crippen LogP contribution in [0.4, 0.5) is 5.69 Å². The summed E-state index contributed by atoms with van der Waals surface area (Å²) in [7, 11) is -4.38. The van der Waals surface area contributed by atoms with Crippen LogP contribution in [0.25, 0.3) is 0 Å². The molecule has 2 atom stereocenters. The van der Waals surface area contributed by atoms with Crippen LogP contribution >= 0.6 is 11.6 Å². The number of aliphatic carboxylic acids is 1. The second-order valence-electron chi connectivity index (χ2n) is 4.69. The van der Waals surface area contributed by atoms with E-state index >= 15 is 0 Å². The Morgan fingerprint density at radius 1 is 1.50 bits per heavy atom. The number of nitrogens with zero attached hydrogens (tertiary/aromatic N) is 1. The van der Waals surface area contributed by atoms with Gasteiger partial charge in [0.15, 0.2) is 4.90 Å². The lowest BCUT2D eigenvalue weighted by Gasteiger charge is -2.20. The first-order chi connectivity index (χ1) is 10.1. The minimum Gasteiger partial charge on any atom is -0.480 e. The molecule has 10 heteroatoms. The molecule has 0 fully saturated rings. The summed E-state index contributed by atoms with van der Waals surface area (Å²) in [4.78, 5) is 20.7. The van der Waals surface area contributed by atoms with Crippen molar-refractivity contribution in [2.45, 2.75) is 31.2 Å². The Bertz CT molecular complexity index is 691. The van der Waals surface area contributed by atoms with Gasteiger partial charge in [0.1, 0.15) is 6.04 Å². The number of hydrogen-bond donors (Lipinski definition) is 2. The van der Waals surface area contributed by atoms with E-state index in [0.717, 1.165) is 12.1 Å². The van der Waals surface area contributed by atoms with Crippen LogP contribution in [0.15, 0.2) is 23.1 Å². The van der Waals surface area contributed by atoms with Crippen molar-refractivity contribution in [2.75, 3.05) is 0 Å². The maximum absolute atomic E-state index is 12.3. The van der Waals surface area contributed by atoms with Gasteiger partial charge in [-0.1, -0.05) is 31.9 Å². The highest BCUT2D eigenvalue weighted by Gasteiger charge is 2.33. The molecule has 8 nitrogen and oxygen atoms in total. The first kappa shape index (κ1) is 18.3. The number of hydrogen-bond acceptors (Lipinski definition) is 5. The van der Waals surface area contributed by atoms with Gasteiger partial charge >= 0.3 is 5.97 Å². The van der Waals surface area contributed by atoms with Crippen LogP contribution in [-0.4, -0.2) is 30.5 Å². The zero-order valence-electron chi connectivity index (χ0n) is 11.8. The first-order valence-corrected chi connectivity index (χ1v) is 8.15. The quantitative estimate of drug-likeness (QED) is 0.572. The van der Waals surface area contributed by atoms with Crippen LogP contribution in [0.1, 0.15) is 20.3 Å². The molecular formula is C12H15ClN2O6S. The number of carboxylic acids is 1. The lowest BCUT2D eigenvalue weighted by molar-refractivity contribution is -0.387. The van der Waals surface area contributed by atoms with Crippen molar-refractivity contribution < 1.29 is 23.2 Å². The Hall–Kier alpha value is -1.71. The first-order valence-electron chi connectivity index (χ1n) is 6.29. The lowest BCUT2D eigenvalue weighted by atomic mass is 10.0. The highest BCUT2D eigenvalue weighted by molar-refractivity contribution is 7.89. The molecule has 2 N–H and O–H groups in total. The molecule has 1 aromatic rings. The van der Waals surface area contributed by atoms with Gasteiger partial charge in [0.05, 0.1) is 4.92 Å². The Morgan fingerprint density at radius 3 is 2.55 bits per heavy atom. The van der Waals surface area contributed by atoms with E-state index in [1.165, 1.54) is 6.07 Å². The molecule has 22 heavy (non-hydrogen) atoms. The fourth-order valence-electron chi connectivity index (χ4n) is 1.74. The fraction of sp³-hybridized carbons (Fsp3) is 0.417. The van der Waals surface area contributed by atoms with Crippen molar-refractivity contribution in [1.82, 2.24) is 4.72 Å². The normalized spacial score (nSPS) is 14.3. The van der Waals surface area contributed by atoms with Gasteiger partial charge in [0, 0.05) is 11.1 Å². The van der Waals surface area contributed by atoms with Gasteiger partial charge in [-0.2, -0.15) is 4.72 Å². The van der Waals surface area contributed by atoms with Crippen LogP contribution < -0.4 is 4.72 Å². The van der Waals surface area contributed by atoms with E-state index in [-0.39, 0.29) is 5.02 Å². The summed E-state index contributed by atoms with van der Waals surface area (Å²) in [5, 5.41) is 20.1. The van der Waals surface area contributed by atoms with E-state index < -0.39 is 43.5 Å². The number of carbonyl (C=O) groups is 1. The Morgan fingerprint density at radius 2 is 2.09 bits per heavy atom. The number of carboxylic acid groups (broad SMARTS) is 1. The summed E-state index contributed by atoms with van der Waals surface area (Å²) in [5.41, 5.74) is -0.715. The molecule has 1 aromatic carbocycles. The van der Waals surface area contributed by atoms with Gasteiger partial charge in [-0.25, -0.2) is 8.42 Å². The summed E-state index contributed by atoms with van der Waals surface area (Å²) in [5.74, 6) is -1.84. The van der Waals surface area contributed by atoms with E-state index in [1.807, 2.05) is 4.72 Å². The molecular weight excluding hydrogens is 336 g/mol. The predicted molar refractivity (Wildman–Crippen MR) is 79.3 cm³/mol. The van der Waals surface area contributed by atoms with Crippen LogP contribution in [0.3, 0.4) is 0 Å². The van der Waals surface area contributed by atoms with E-state index in [4.69, 9.17) is 16.7 Å². The van der Waals surface area contributed by atoms with Crippen molar-refractivity contribution >= 4 is 33.3 Å². The Labute approximate surface area is 132 Å². The van der Waals surface area contributed by atoms with Gasteiger partial charge in [-0.3, -0.25) is 14.9 Å². The number of nitro groups is 1. The third-order valence-corrected chi connectivity index (χ3v) is 4.89. The third kappa shape index (κ3) is 4.15. The molecule has 122 valence electrons. The van der Waals surface area contributed by atoms with E-state index in [1.54, 1.807) is 13.8 Å². The SMILES string of the molecule is CC[C@H](C)[C@H](NS(=O)(=O)c1ccc(Cl)cc1[N+](=O)[O-])C(=O)O. The molecule has 0 saturated carbocycles. The molecule has 0 radical (unpaired) electrons.